The Hall–Kier alpha value is -3.61. The van der Waals surface area contributed by atoms with Crippen LogP contribution in [0.3, 0.4) is 0 Å². The number of carbonyl (C=O) groups excluding carboxylic acids is 5. The highest BCUT2D eigenvalue weighted by molar-refractivity contribution is 6.39. The molecule has 0 unspecified atom stereocenters. The van der Waals surface area contributed by atoms with Crippen LogP contribution in [0.5, 0.6) is 0 Å². The van der Waals surface area contributed by atoms with Crippen LogP contribution >= 0.6 is 0 Å². The Morgan fingerprint density at radius 1 is 0.833 bits per heavy atom. The minimum atomic E-state index is -2.42. The van der Waals surface area contributed by atoms with Crippen LogP contribution in [0.25, 0.3) is 0 Å². The van der Waals surface area contributed by atoms with Crippen LogP contribution in [-0.4, -0.2) is 150 Å². The molecule has 1 amide bonds. The predicted molar refractivity (Wildman–Crippen MR) is 271 cm³/mol. The monoisotopic (exact) mass is 1020 g/mol. The fourth-order valence-electron chi connectivity index (χ4n) is 10.9. The van der Waals surface area contributed by atoms with Crippen molar-refractivity contribution < 1.29 is 72.8 Å². The number of Topliss-reactive ketones (excluding diaryl/α,β-unsaturated/α-hetero) is 2. The summed E-state index contributed by atoms with van der Waals surface area (Å²) in [6.45, 7) is 13.7. The summed E-state index contributed by atoms with van der Waals surface area (Å²) in [7, 11) is 4.55. The van der Waals surface area contributed by atoms with Crippen molar-refractivity contribution in [2.24, 2.45) is 40.9 Å². The lowest BCUT2D eigenvalue weighted by molar-refractivity contribution is -0.265. The molecule has 4 aliphatic rings. The fourth-order valence-corrected chi connectivity index (χ4v) is 10.9. The van der Waals surface area contributed by atoms with Crippen molar-refractivity contribution >= 4 is 29.4 Å². The van der Waals surface area contributed by atoms with E-state index in [1.165, 1.54) is 18.9 Å². The molecule has 1 saturated carbocycles. The zero-order valence-electron chi connectivity index (χ0n) is 45.1. The number of hydrogen-bond donors (Lipinski definition) is 4. The van der Waals surface area contributed by atoms with E-state index in [1.54, 1.807) is 28.1 Å². The highest BCUT2D eigenvalue weighted by atomic mass is 16.6. The van der Waals surface area contributed by atoms with Crippen LogP contribution in [0.4, 0.5) is 0 Å². The van der Waals surface area contributed by atoms with Gasteiger partial charge in [-0.1, -0.05) is 71.1 Å². The first-order valence-electron chi connectivity index (χ1n) is 26.5. The summed E-state index contributed by atoms with van der Waals surface area (Å²) in [5.41, 5.74) is 0.00315. The molecule has 4 N–H and O–H groups in total. The number of allylic oxidation sites excluding steroid dienone is 6. The topological polar surface area (TPSA) is 225 Å². The number of piperidine rings is 1. The van der Waals surface area contributed by atoms with Gasteiger partial charge in [0.25, 0.3) is 11.7 Å². The molecule has 0 aromatic rings. The minimum Gasteiger partial charge on any atom is -0.461 e. The van der Waals surface area contributed by atoms with Crippen molar-refractivity contribution in [3.8, 4) is 0 Å². The number of aliphatic hydroxyl groups is 4. The van der Waals surface area contributed by atoms with Crippen molar-refractivity contribution in [3.63, 3.8) is 0 Å². The van der Waals surface area contributed by atoms with Crippen LogP contribution in [0.2, 0.25) is 0 Å². The Balaban J connectivity index is 1.66. The van der Waals surface area contributed by atoms with Gasteiger partial charge >= 0.3 is 11.9 Å². The van der Waals surface area contributed by atoms with E-state index in [1.807, 2.05) is 71.1 Å². The van der Waals surface area contributed by atoms with Crippen LogP contribution in [-0.2, 0) is 52.4 Å². The molecule has 72 heavy (non-hydrogen) atoms. The molecule has 3 aliphatic heterocycles. The van der Waals surface area contributed by atoms with Gasteiger partial charge in [-0.3, -0.25) is 19.2 Å². The normalized spacial score (nSPS) is 36.6. The van der Waals surface area contributed by atoms with Crippen molar-refractivity contribution in [3.05, 3.63) is 47.6 Å². The number of nitrogens with zero attached hydrogens (tertiary/aromatic N) is 1. The minimum absolute atomic E-state index is 0.0415. The Labute approximate surface area is 428 Å². The van der Waals surface area contributed by atoms with E-state index in [0.717, 1.165) is 5.57 Å². The number of ketones is 2. The smallest absolute Gasteiger partial charge is 0.329 e. The van der Waals surface area contributed by atoms with Gasteiger partial charge < -0.3 is 53.7 Å². The van der Waals surface area contributed by atoms with Gasteiger partial charge in [0.15, 0.2) is 5.78 Å². The first-order chi connectivity index (χ1) is 34.1. The van der Waals surface area contributed by atoms with Crippen LogP contribution in [0, 0.1) is 40.9 Å². The molecular weight excluding hydrogens is 927 g/mol. The van der Waals surface area contributed by atoms with Gasteiger partial charge in [-0.15, -0.1) is 0 Å². The van der Waals surface area contributed by atoms with E-state index in [2.05, 4.69) is 0 Å². The van der Waals surface area contributed by atoms with E-state index in [4.69, 9.17) is 28.4 Å². The molecule has 2 bridgehead atoms. The standard InChI is InChI=1S/C56H89NO15/c1-34-17-13-12-14-18-36(3)46(67-9)31-42-23-21-40(7)56(66,72-42)51(62)52(63)57-26-16-15-19-43(57)53(64)70-44(24-20-35(2)28-39(6)49(61)50(69-11)48(60)38(5)27-34)37(4)29-41-22-25-45(47(30-41)68-10)71-54(65)55(8,32-58)33-59/h12-14,17-18,28,34-35,37-38,40-47,49-50,58-59,61,66H,15-16,19-27,29-33H2,1-11H3/b14-12?,17-13+,36-18?,39-28+/t34-,35+,37-,38-,40-,41+,42+,43+,44+,45-,46+,47-,49-,50+,56-/m1/s1. The van der Waals surface area contributed by atoms with Crippen molar-refractivity contribution in [1.82, 2.24) is 4.90 Å². The van der Waals surface area contributed by atoms with Crippen LogP contribution < -0.4 is 0 Å². The number of fused-ring (bicyclic) bond motifs is 3. The van der Waals surface area contributed by atoms with E-state index in [-0.39, 0.29) is 42.4 Å². The second kappa shape index (κ2) is 28.3. The van der Waals surface area contributed by atoms with Crippen LogP contribution in [0.1, 0.15) is 139 Å². The van der Waals surface area contributed by atoms with E-state index in [0.29, 0.717) is 82.6 Å². The molecule has 3 heterocycles. The molecule has 408 valence electrons. The van der Waals surface area contributed by atoms with Gasteiger partial charge in [0.05, 0.1) is 31.5 Å². The maximum atomic E-state index is 14.5. The Morgan fingerprint density at radius 2 is 1.54 bits per heavy atom. The summed E-state index contributed by atoms with van der Waals surface area (Å²) in [5, 5.41) is 43.1. The zero-order valence-corrected chi connectivity index (χ0v) is 45.1. The van der Waals surface area contributed by atoms with Gasteiger partial charge in [-0.2, -0.15) is 0 Å². The molecule has 15 atom stereocenters. The van der Waals surface area contributed by atoms with E-state index in [9.17, 15) is 44.4 Å². The third-order valence-corrected chi connectivity index (χ3v) is 15.9. The lowest BCUT2D eigenvalue weighted by Crippen LogP contribution is -2.61. The quantitative estimate of drug-likeness (QED) is 0.104. The number of ether oxygens (including phenoxy) is 6. The average molecular weight is 1020 g/mol. The fraction of sp³-hybridized carbons (Fsp3) is 0.768. The third kappa shape index (κ3) is 16.0. The number of esters is 2. The summed E-state index contributed by atoms with van der Waals surface area (Å²) in [5.74, 6) is -7.40. The maximum Gasteiger partial charge on any atom is 0.329 e. The molecule has 0 aromatic heterocycles. The van der Waals surface area contributed by atoms with Gasteiger partial charge in [0.2, 0.25) is 5.79 Å². The highest BCUT2D eigenvalue weighted by Gasteiger charge is 2.53. The van der Waals surface area contributed by atoms with E-state index >= 15 is 0 Å². The lowest BCUT2D eigenvalue weighted by atomic mass is 9.78. The molecule has 16 heteroatoms. The molecule has 4 rings (SSSR count). The number of cyclic esters (lactones) is 1. The molecular formula is C56H89NO15. The summed E-state index contributed by atoms with van der Waals surface area (Å²) in [6, 6.07) is -1.08. The number of methoxy groups -OCH3 is 3. The number of hydrogen-bond acceptors (Lipinski definition) is 15. The highest BCUT2D eigenvalue weighted by Crippen LogP contribution is 2.39. The van der Waals surface area contributed by atoms with E-state index < -0.39 is 109 Å². The van der Waals surface area contributed by atoms with Gasteiger partial charge in [0, 0.05) is 46.1 Å². The van der Waals surface area contributed by atoms with Crippen LogP contribution in [0.15, 0.2) is 47.6 Å². The number of aliphatic hydroxyl groups excluding tert-OH is 3. The molecule has 0 radical (unpaired) electrons. The first kappa shape index (κ1) is 60.9. The summed E-state index contributed by atoms with van der Waals surface area (Å²) in [4.78, 5) is 71.2. The predicted octanol–water partition coefficient (Wildman–Crippen LogP) is 6.54. The summed E-state index contributed by atoms with van der Waals surface area (Å²) < 4.78 is 35.8. The van der Waals surface area contributed by atoms with Crippen molar-refractivity contribution in [1.29, 1.82) is 0 Å². The maximum absolute atomic E-state index is 14.5. The van der Waals surface area contributed by atoms with Gasteiger partial charge in [-0.25, -0.2) is 4.79 Å². The molecule has 3 fully saturated rings. The van der Waals surface area contributed by atoms with Gasteiger partial charge in [-0.05, 0) is 133 Å². The second-order valence-corrected chi connectivity index (χ2v) is 21.9. The first-order valence-corrected chi connectivity index (χ1v) is 26.5. The molecule has 1 aliphatic carbocycles. The zero-order chi connectivity index (χ0) is 53.5. The Bertz CT molecular complexity index is 1930. The second-order valence-electron chi connectivity index (χ2n) is 21.9. The molecule has 16 nitrogen and oxygen atoms in total. The average Bonchev–Trinajstić information content (AvgIpc) is 3.36. The van der Waals surface area contributed by atoms with Gasteiger partial charge in [0.1, 0.15) is 35.9 Å². The number of carbonyl (C=O) groups is 5. The largest absolute Gasteiger partial charge is 0.461 e. The van der Waals surface area contributed by atoms with Crippen molar-refractivity contribution in [2.75, 3.05) is 41.1 Å². The SMILES string of the molecule is CO[C@H]1C[C@@H]2CC[C@@H](C)[C@@](O)(O2)C(=O)C(=O)N2CCCC[C@H]2C(=O)O[C@H]([C@H](C)C[C@@H]2CC[C@@H](OC(=O)C(C)(CO)CO)[C@H](OC)C2)CC[C@H](C)/C=C(\C)[C@@H](O)[C@@H](OC)C(=O)[C@H](C)C[C@H](C)/C=C/C=CC=C1C. The molecule has 0 spiro atoms. The number of amides is 1. The van der Waals surface area contributed by atoms with Crippen molar-refractivity contribution in [2.45, 2.75) is 193 Å². The molecule has 0 aromatic carbocycles. The lowest BCUT2D eigenvalue weighted by Gasteiger charge is -2.42. The Kier molecular flexibility index (Phi) is 24.0. The third-order valence-electron chi connectivity index (χ3n) is 15.9. The molecule has 2 saturated heterocycles. The summed E-state index contributed by atoms with van der Waals surface area (Å²) >= 11 is 0. The number of rotatable bonds is 10. The Morgan fingerprint density at radius 3 is 2.19 bits per heavy atom. The summed E-state index contributed by atoms with van der Waals surface area (Å²) in [6.07, 6.45) is 13.0.